The molecule has 2 aromatic heterocycles. The Bertz CT molecular complexity index is 1020. The molecular formula is C19H16N4O2S. The van der Waals surface area contributed by atoms with Crippen LogP contribution in [0.5, 0.6) is 5.75 Å². The van der Waals surface area contributed by atoms with E-state index in [0.29, 0.717) is 10.9 Å². The minimum Gasteiger partial charge on any atom is -0.496 e. The lowest BCUT2D eigenvalue weighted by Crippen LogP contribution is -2.14. The number of nitrogens with zero attached hydrogens (tertiary/aromatic N) is 3. The van der Waals surface area contributed by atoms with Gasteiger partial charge in [-0.2, -0.15) is 0 Å². The van der Waals surface area contributed by atoms with Gasteiger partial charge in [-0.15, -0.1) is 5.10 Å². The number of aromatic nitrogens is 3. The predicted octanol–water partition coefficient (Wildman–Crippen LogP) is 3.65. The molecule has 6 nitrogen and oxygen atoms in total. The van der Waals surface area contributed by atoms with E-state index in [1.54, 1.807) is 11.6 Å². The van der Waals surface area contributed by atoms with Crippen LogP contribution in [0.2, 0.25) is 0 Å². The van der Waals surface area contributed by atoms with E-state index in [1.807, 2.05) is 60.8 Å². The second kappa shape index (κ2) is 6.97. The van der Waals surface area contributed by atoms with Crippen molar-refractivity contribution in [2.75, 3.05) is 12.4 Å². The first-order valence-corrected chi connectivity index (χ1v) is 8.88. The quantitative estimate of drug-likeness (QED) is 0.587. The average Bonchev–Trinajstić information content (AvgIpc) is 3.21. The highest BCUT2D eigenvalue weighted by atomic mass is 32.1. The zero-order valence-corrected chi connectivity index (χ0v) is 14.9. The minimum atomic E-state index is -0.144. The number of imidazole rings is 1. The van der Waals surface area contributed by atoms with Gasteiger partial charge in [-0.05, 0) is 6.07 Å². The summed E-state index contributed by atoms with van der Waals surface area (Å²) < 4.78 is 6.97. The number of fused-ring (bicyclic) bond motifs is 1. The lowest BCUT2D eigenvalue weighted by atomic mass is 10.1. The molecule has 1 N–H and O–H groups in total. The van der Waals surface area contributed by atoms with Crippen molar-refractivity contribution in [1.82, 2.24) is 14.6 Å². The highest BCUT2D eigenvalue weighted by molar-refractivity contribution is 7.20. The molecule has 0 aliphatic carbocycles. The summed E-state index contributed by atoms with van der Waals surface area (Å²) in [6.45, 7) is 0. The number of ether oxygens (including phenoxy) is 1. The van der Waals surface area contributed by atoms with Crippen molar-refractivity contribution in [2.24, 2.45) is 0 Å². The van der Waals surface area contributed by atoms with Crippen LogP contribution in [0, 0.1) is 0 Å². The molecule has 4 aromatic rings. The van der Waals surface area contributed by atoms with Gasteiger partial charge >= 0.3 is 0 Å². The number of methoxy groups -OCH3 is 1. The average molecular weight is 364 g/mol. The van der Waals surface area contributed by atoms with Crippen molar-refractivity contribution < 1.29 is 9.53 Å². The molecule has 0 spiro atoms. The molecule has 0 saturated heterocycles. The summed E-state index contributed by atoms with van der Waals surface area (Å²) in [5.41, 5.74) is 2.73. The smallest absolute Gasteiger partial charge is 0.230 e. The Morgan fingerprint density at radius 2 is 1.92 bits per heavy atom. The Morgan fingerprint density at radius 1 is 1.15 bits per heavy atom. The number of rotatable bonds is 5. The standard InChI is InChI=1S/C19H16N4O2S/c1-25-16-10-6-5-9-14(16)11-17(24)21-18-22-23-12-15(20-19(23)26-18)13-7-3-2-4-8-13/h2-10,12H,11H2,1H3,(H,21,22,24). The summed E-state index contributed by atoms with van der Waals surface area (Å²) in [5, 5.41) is 7.74. The summed E-state index contributed by atoms with van der Waals surface area (Å²) in [7, 11) is 1.59. The number of benzene rings is 2. The molecule has 0 unspecified atom stereocenters. The molecule has 26 heavy (non-hydrogen) atoms. The molecule has 0 bridgehead atoms. The summed E-state index contributed by atoms with van der Waals surface area (Å²) in [5.74, 6) is 0.555. The van der Waals surface area contributed by atoms with Crippen LogP contribution in [0.25, 0.3) is 16.2 Å². The number of carbonyl (C=O) groups is 1. The first-order chi connectivity index (χ1) is 12.7. The van der Waals surface area contributed by atoms with Crippen LogP contribution in [0.3, 0.4) is 0 Å². The Kier molecular flexibility index (Phi) is 4.37. The summed E-state index contributed by atoms with van der Waals surface area (Å²) in [6, 6.07) is 17.4. The SMILES string of the molecule is COc1ccccc1CC(=O)Nc1nn2cc(-c3ccccc3)nc2s1. The second-order valence-electron chi connectivity index (χ2n) is 5.66. The number of hydrogen-bond acceptors (Lipinski definition) is 5. The normalized spacial score (nSPS) is 10.8. The number of anilines is 1. The van der Waals surface area contributed by atoms with Crippen LogP contribution < -0.4 is 10.1 Å². The third-order valence-corrected chi connectivity index (χ3v) is 4.74. The van der Waals surface area contributed by atoms with Gasteiger partial charge in [-0.25, -0.2) is 9.50 Å². The number of carbonyl (C=O) groups excluding carboxylic acids is 1. The molecule has 0 atom stereocenters. The third kappa shape index (κ3) is 3.29. The summed E-state index contributed by atoms with van der Waals surface area (Å²) in [4.78, 5) is 17.6. The van der Waals surface area contributed by atoms with Crippen LogP contribution in [-0.2, 0) is 11.2 Å². The van der Waals surface area contributed by atoms with E-state index < -0.39 is 0 Å². The molecule has 2 heterocycles. The Morgan fingerprint density at radius 3 is 2.69 bits per heavy atom. The van der Waals surface area contributed by atoms with Crippen molar-refractivity contribution in [2.45, 2.75) is 6.42 Å². The van der Waals surface area contributed by atoms with Gasteiger partial charge in [0, 0.05) is 11.1 Å². The molecule has 0 saturated carbocycles. The number of nitrogens with one attached hydrogen (secondary N) is 1. The van der Waals surface area contributed by atoms with E-state index in [-0.39, 0.29) is 12.3 Å². The molecule has 1 amide bonds. The number of para-hydroxylation sites is 1. The van der Waals surface area contributed by atoms with Gasteiger partial charge in [0.05, 0.1) is 25.4 Å². The van der Waals surface area contributed by atoms with Crippen molar-refractivity contribution in [3.8, 4) is 17.0 Å². The zero-order valence-electron chi connectivity index (χ0n) is 14.0. The fourth-order valence-electron chi connectivity index (χ4n) is 2.68. The Labute approximate surface area is 154 Å². The highest BCUT2D eigenvalue weighted by Crippen LogP contribution is 2.25. The van der Waals surface area contributed by atoms with Gasteiger partial charge in [0.1, 0.15) is 5.75 Å². The topological polar surface area (TPSA) is 68.5 Å². The molecule has 0 fully saturated rings. The molecular weight excluding hydrogens is 348 g/mol. The van der Waals surface area contributed by atoms with Crippen LogP contribution in [0.4, 0.5) is 5.13 Å². The lowest BCUT2D eigenvalue weighted by molar-refractivity contribution is -0.115. The molecule has 0 aliphatic rings. The number of hydrogen-bond donors (Lipinski definition) is 1. The predicted molar refractivity (Wildman–Crippen MR) is 102 cm³/mol. The van der Waals surface area contributed by atoms with Gasteiger partial charge in [-0.1, -0.05) is 59.9 Å². The third-order valence-electron chi connectivity index (χ3n) is 3.90. The van der Waals surface area contributed by atoms with Gasteiger partial charge in [-0.3, -0.25) is 4.79 Å². The second-order valence-corrected chi connectivity index (χ2v) is 6.62. The van der Waals surface area contributed by atoms with E-state index in [0.717, 1.165) is 21.8 Å². The van der Waals surface area contributed by atoms with Gasteiger partial charge in [0.25, 0.3) is 0 Å². The van der Waals surface area contributed by atoms with Crippen LogP contribution in [0.15, 0.2) is 60.8 Å². The minimum absolute atomic E-state index is 0.144. The number of amides is 1. The molecule has 130 valence electrons. The van der Waals surface area contributed by atoms with Crippen molar-refractivity contribution >= 4 is 27.3 Å². The van der Waals surface area contributed by atoms with Crippen molar-refractivity contribution in [1.29, 1.82) is 0 Å². The molecule has 0 aliphatic heterocycles. The summed E-state index contributed by atoms with van der Waals surface area (Å²) >= 11 is 1.34. The zero-order chi connectivity index (χ0) is 17.9. The van der Waals surface area contributed by atoms with E-state index in [2.05, 4.69) is 15.4 Å². The van der Waals surface area contributed by atoms with Crippen molar-refractivity contribution in [3.63, 3.8) is 0 Å². The first-order valence-electron chi connectivity index (χ1n) is 8.06. The van der Waals surface area contributed by atoms with Crippen molar-refractivity contribution in [3.05, 3.63) is 66.4 Å². The van der Waals surface area contributed by atoms with E-state index in [1.165, 1.54) is 11.3 Å². The molecule has 4 rings (SSSR count). The van der Waals surface area contributed by atoms with E-state index in [4.69, 9.17) is 4.74 Å². The molecule has 2 aromatic carbocycles. The monoisotopic (exact) mass is 364 g/mol. The van der Waals surface area contributed by atoms with Gasteiger partial charge in [0.2, 0.25) is 16.0 Å². The fourth-order valence-corrected chi connectivity index (χ4v) is 3.48. The maximum absolute atomic E-state index is 12.3. The maximum atomic E-state index is 12.3. The highest BCUT2D eigenvalue weighted by Gasteiger charge is 2.13. The first kappa shape index (κ1) is 16.3. The van der Waals surface area contributed by atoms with Crippen LogP contribution >= 0.6 is 11.3 Å². The fraction of sp³-hybridized carbons (Fsp3) is 0.105. The summed E-state index contributed by atoms with van der Waals surface area (Å²) in [6.07, 6.45) is 2.08. The Hall–Kier alpha value is -3.19. The molecule has 0 radical (unpaired) electrons. The van der Waals surface area contributed by atoms with Gasteiger partial charge < -0.3 is 10.1 Å². The van der Waals surface area contributed by atoms with Gasteiger partial charge in [0.15, 0.2) is 0 Å². The van der Waals surface area contributed by atoms with Crippen LogP contribution in [0.1, 0.15) is 5.56 Å². The largest absolute Gasteiger partial charge is 0.496 e. The van der Waals surface area contributed by atoms with Crippen LogP contribution in [-0.4, -0.2) is 27.6 Å². The van der Waals surface area contributed by atoms with E-state index in [9.17, 15) is 4.79 Å². The maximum Gasteiger partial charge on any atom is 0.230 e. The lowest BCUT2D eigenvalue weighted by Gasteiger charge is -2.07. The van der Waals surface area contributed by atoms with E-state index >= 15 is 0 Å². The Balaban J connectivity index is 1.49. The molecule has 7 heteroatoms.